The van der Waals surface area contributed by atoms with E-state index < -0.39 is 0 Å². The van der Waals surface area contributed by atoms with Gasteiger partial charge in [0.1, 0.15) is 6.10 Å². The first-order valence-corrected chi connectivity index (χ1v) is 6.26. The summed E-state index contributed by atoms with van der Waals surface area (Å²) in [4.78, 5) is 11.8. The summed E-state index contributed by atoms with van der Waals surface area (Å²) in [7, 11) is 1.67. The average molecular weight is 249 g/mol. The van der Waals surface area contributed by atoms with Gasteiger partial charge in [0.2, 0.25) is 5.91 Å². The molecular weight excluding hydrogens is 230 g/mol. The van der Waals surface area contributed by atoms with E-state index in [4.69, 9.17) is 9.47 Å². The van der Waals surface area contributed by atoms with Gasteiger partial charge in [0, 0.05) is 20.3 Å². The first-order chi connectivity index (χ1) is 8.81. The van der Waals surface area contributed by atoms with Crippen LogP contribution in [0.2, 0.25) is 0 Å². The molecular formula is C14H19NO3. The number of amides is 1. The third-order valence-corrected chi connectivity index (χ3v) is 3.09. The van der Waals surface area contributed by atoms with Crippen LogP contribution in [0.5, 0.6) is 0 Å². The number of nitrogens with one attached hydrogen (secondary N) is 1. The van der Waals surface area contributed by atoms with E-state index in [0.717, 1.165) is 24.0 Å². The summed E-state index contributed by atoms with van der Waals surface area (Å²) in [6.07, 6.45) is 1.53. The Labute approximate surface area is 107 Å². The molecule has 1 aromatic rings. The van der Waals surface area contributed by atoms with Crippen LogP contribution in [0, 0.1) is 0 Å². The molecule has 1 fully saturated rings. The van der Waals surface area contributed by atoms with Crippen molar-refractivity contribution in [3.63, 3.8) is 0 Å². The molecule has 18 heavy (non-hydrogen) atoms. The SMILES string of the molecule is COCc1ccccc1CNC(=O)C1CCCO1. The van der Waals surface area contributed by atoms with Crippen LogP contribution in [0.1, 0.15) is 24.0 Å². The lowest BCUT2D eigenvalue weighted by atomic mass is 10.1. The van der Waals surface area contributed by atoms with Crippen LogP contribution in [0.25, 0.3) is 0 Å². The zero-order valence-electron chi connectivity index (χ0n) is 10.6. The van der Waals surface area contributed by atoms with Crippen molar-refractivity contribution >= 4 is 5.91 Å². The van der Waals surface area contributed by atoms with Gasteiger partial charge in [-0.25, -0.2) is 0 Å². The Bertz CT molecular complexity index is 400. The van der Waals surface area contributed by atoms with E-state index in [0.29, 0.717) is 19.8 Å². The van der Waals surface area contributed by atoms with Crippen molar-refractivity contribution in [1.82, 2.24) is 5.32 Å². The predicted molar refractivity (Wildman–Crippen MR) is 68.0 cm³/mol. The van der Waals surface area contributed by atoms with Crippen LogP contribution in [-0.4, -0.2) is 25.7 Å². The summed E-state index contributed by atoms with van der Waals surface area (Å²) in [5.74, 6) is -0.0141. The summed E-state index contributed by atoms with van der Waals surface area (Å²) in [6, 6.07) is 7.95. The molecule has 0 aromatic heterocycles. The smallest absolute Gasteiger partial charge is 0.249 e. The van der Waals surface area contributed by atoms with Gasteiger partial charge in [-0.3, -0.25) is 4.79 Å². The Morgan fingerprint density at radius 3 is 2.89 bits per heavy atom. The Balaban J connectivity index is 1.90. The van der Waals surface area contributed by atoms with E-state index in [2.05, 4.69) is 5.32 Å². The molecule has 1 aliphatic rings. The number of hydrogen-bond donors (Lipinski definition) is 1. The Kier molecular flexibility index (Phi) is 4.73. The minimum Gasteiger partial charge on any atom is -0.380 e. The van der Waals surface area contributed by atoms with E-state index in [9.17, 15) is 4.79 Å². The lowest BCUT2D eigenvalue weighted by Gasteiger charge is -2.12. The molecule has 1 aromatic carbocycles. The van der Waals surface area contributed by atoms with Crippen molar-refractivity contribution < 1.29 is 14.3 Å². The minimum absolute atomic E-state index is 0.0141. The molecule has 4 nitrogen and oxygen atoms in total. The molecule has 1 N–H and O–H groups in total. The summed E-state index contributed by atoms with van der Waals surface area (Å²) < 4.78 is 10.5. The molecule has 0 spiro atoms. The first kappa shape index (κ1) is 13.1. The van der Waals surface area contributed by atoms with E-state index in [-0.39, 0.29) is 12.0 Å². The fraction of sp³-hybridized carbons (Fsp3) is 0.500. The number of rotatable bonds is 5. The normalized spacial score (nSPS) is 18.8. The molecule has 1 atom stereocenters. The highest BCUT2D eigenvalue weighted by molar-refractivity contribution is 5.80. The minimum atomic E-state index is -0.264. The fourth-order valence-electron chi connectivity index (χ4n) is 2.11. The van der Waals surface area contributed by atoms with Gasteiger partial charge in [-0.1, -0.05) is 24.3 Å². The molecule has 0 bridgehead atoms. The highest BCUT2D eigenvalue weighted by Gasteiger charge is 2.23. The van der Waals surface area contributed by atoms with Crippen LogP contribution < -0.4 is 5.32 Å². The number of methoxy groups -OCH3 is 1. The second-order valence-electron chi connectivity index (χ2n) is 4.42. The zero-order chi connectivity index (χ0) is 12.8. The maximum atomic E-state index is 11.8. The van der Waals surface area contributed by atoms with Crippen molar-refractivity contribution in [2.24, 2.45) is 0 Å². The molecule has 1 aliphatic heterocycles. The number of hydrogen-bond acceptors (Lipinski definition) is 3. The number of carbonyl (C=O) groups excluding carboxylic acids is 1. The molecule has 4 heteroatoms. The van der Waals surface area contributed by atoms with E-state index in [1.165, 1.54) is 0 Å². The second kappa shape index (κ2) is 6.52. The predicted octanol–water partition coefficient (Wildman–Crippen LogP) is 1.63. The highest BCUT2D eigenvalue weighted by atomic mass is 16.5. The van der Waals surface area contributed by atoms with Gasteiger partial charge >= 0.3 is 0 Å². The maximum Gasteiger partial charge on any atom is 0.249 e. The van der Waals surface area contributed by atoms with E-state index >= 15 is 0 Å². The van der Waals surface area contributed by atoms with Crippen LogP contribution in [0.3, 0.4) is 0 Å². The summed E-state index contributed by atoms with van der Waals surface area (Å²) in [6.45, 7) is 1.78. The molecule has 1 saturated heterocycles. The van der Waals surface area contributed by atoms with Gasteiger partial charge in [-0.2, -0.15) is 0 Å². The van der Waals surface area contributed by atoms with Crippen LogP contribution in [0.4, 0.5) is 0 Å². The third-order valence-electron chi connectivity index (χ3n) is 3.09. The van der Waals surface area contributed by atoms with Gasteiger partial charge in [0.25, 0.3) is 0 Å². The summed E-state index contributed by atoms with van der Waals surface area (Å²) >= 11 is 0. The number of carbonyl (C=O) groups is 1. The Hall–Kier alpha value is -1.39. The highest BCUT2D eigenvalue weighted by Crippen LogP contribution is 2.13. The van der Waals surface area contributed by atoms with Gasteiger partial charge in [0.15, 0.2) is 0 Å². The van der Waals surface area contributed by atoms with Crippen molar-refractivity contribution in [1.29, 1.82) is 0 Å². The molecule has 1 amide bonds. The third kappa shape index (κ3) is 3.31. The van der Waals surface area contributed by atoms with Crippen LogP contribution in [0.15, 0.2) is 24.3 Å². The molecule has 0 aliphatic carbocycles. The van der Waals surface area contributed by atoms with Gasteiger partial charge in [-0.15, -0.1) is 0 Å². The maximum absolute atomic E-state index is 11.8. The Morgan fingerprint density at radius 2 is 2.22 bits per heavy atom. The second-order valence-corrected chi connectivity index (χ2v) is 4.42. The Morgan fingerprint density at radius 1 is 1.44 bits per heavy atom. The first-order valence-electron chi connectivity index (χ1n) is 6.26. The van der Waals surface area contributed by atoms with Crippen molar-refractivity contribution in [3.8, 4) is 0 Å². The fourth-order valence-corrected chi connectivity index (χ4v) is 2.11. The number of benzene rings is 1. The van der Waals surface area contributed by atoms with Gasteiger partial charge in [0.05, 0.1) is 6.61 Å². The molecule has 0 saturated carbocycles. The van der Waals surface area contributed by atoms with Crippen molar-refractivity contribution in [2.45, 2.75) is 32.1 Å². The standard InChI is InChI=1S/C14H19NO3/c1-17-10-12-6-3-2-5-11(12)9-15-14(16)13-7-4-8-18-13/h2-3,5-6,13H,4,7-10H2,1H3,(H,15,16). The summed E-state index contributed by atoms with van der Waals surface area (Å²) in [5.41, 5.74) is 2.19. The largest absolute Gasteiger partial charge is 0.380 e. The zero-order valence-corrected chi connectivity index (χ0v) is 10.6. The lowest BCUT2D eigenvalue weighted by molar-refractivity contribution is -0.130. The number of ether oxygens (including phenoxy) is 2. The quantitative estimate of drug-likeness (QED) is 0.862. The lowest BCUT2D eigenvalue weighted by Crippen LogP contribution is -2.33. The molecule has 1 unspecified atom stereocenters. The summed E-state index contributed by atoms with van der Waals surface area (Å²) in [5, 5.41) is 2.92. The molecule has 1 heterocycles. The monoisotopic (exact) mass is 249 g/mol. The molecule has 98 valence electrons. The topological polar surface area (TPSA) is 47.6 Å². The molecule has 2 rings (SSSR count). The van der Waals surface area contributed by atoms with E-state index in [1.807, 2.05) is 24.3 Å². The van der Waals surface area contributed by atoms with Crippen molar-refractivity contribution in [2.75, 3.05) is 13.7 Å². The van der Waals surface area contributed by atoms with Gasteiger partial charge < -0.3 is 14.8 Å². The van der Waals surface area contributed by atoms with Crippen molar-refractivity contribution in [3.05, 3.63) is 35.4 Å². The average Bonchev–Trinajstić information content (AvgIpc) is 2.92. The van der Waals surface area contributed by atoms with Crippen LogP contribution >= 0.6 is 0 Å². The molecule has 0 radical (unpaired) electrons. The van der Waals surface area contributed by atoms with E-state index in [1.54, 1.807) is 7.11 Å². The van der Waals surface area contributed by atoms with Gasteiger partial charge in [-0.05, 0) is 24.0 Å². The van der Waals surface area contributed by atoms with Crippen LogP contribution in [-0.2, 0) is 27.4 Å².